The summed E-state index contributed by atoms with van der Waals surface area (Å²) in [5.74, 6) is 0.267. The molecular weight excluding hydrogens is 194 g/mol. The number of carbonyl (C=O) groups excluding carboxylic acids is 1. The largest absolute Gasteiger partial charge is 0.409 e. The standard InChI is InChI=1S/C10H19N3O2/c1-2-3-6-9(14)13-7-4-5-8(13)10(11)12-15/h8,15H,2-7H2,1H3,(H2,11,12). The van der Waals surface area contributed by atoms with Crippen LogP contribution in [0.2, 0.25) is 0 Å². The lowest BCUT2D eigenvalue weighted by Crippen LogP contribution is -2.43. The predicted octanol–water partition coefficient (Wildman–Crippen LogP) is 0.914. The summed E-state index contributed by atoms with van der Waals surface area (Å²) in [6.07, 6.45) is 4.20. The molecule has 1 heterocycles. The van der Waals surface area contributed by atoms with Gasteiger partial charge < -0.3 is 15.8 Å². The molecule has 0 aromatic heterocycles. The first kappa shape index (κ1) is 11.8. The molecule has 1 unspecified atom stereocenters. The Hall–Kier alpha value is -1.26. The Morgan fingerprint density at radius 2 is 2.40 bits per heavy atom. The van der Waals surface area contributed by atoms with Gasteiger partial charge in [0.05, 0.1) is 6.04 Å². The number of amides is 1. The molecule has 1 aliphatic rings. The van der Waals surface area contributed by atoms with E-state index < -0.39 is 0 Å². The molecular formula is C10H19N3O2. The lowest BCUT2D eigenvalue weighted by molar-refractivity contribution is -0.131. The summed E-state index contributed by atoms with van der Waals surface area (Å²) in [5.41, 5.74) is 5.54. The predicted molar refractivity (Wildman–Crippen MR) is 57.7 cm³/mol. The fraction of sp³-hybridized carbons (Fsp3) is 0.800. The first-order chi connectivity index (χ1) is 7.20. The van der Waals surface area contributed by atoms with Gasteiger partial charge in [-0.25, -0.2) is 0 Å². The Morgan fingerprint density at radius 3 is 3.00 bits per heavy atom. The van der Waals surface area contributed by atoms with Crippen LogP contribution < -0.4 is 5.73 Å². The zero-order valence-corrected chi connectivity index (χ0v) is 9.15. The molecule has 5 heteroatoms. The summed E-state index contributed by atoms with van der Waals surface area (Å²) < 4.78 is 0. The Bertz CT molecular complexity index is 253. The van der Waals surface area contributed by atoms with Gasteiger partial charge >= 0.3 is 0 Å². The minimum atomic E-state index is -0.195. The van der Waals surface area contributed by atoms with Crippen molar-refractivity contribution in [3.05, 3.63) is 0 Å². The van der Waals surface area contributed by atoms with Crippen LogP contribution in [0.3, 0.4) is 0 Å². The number of amidine groups is 1. The van der Waals surface area contributed by atoms with E-state index in [0.717, 1.165) is 32.2 Å². The van der Waals surface area contributed by atoms with E-state index in [1.54, 1.807) is 4.90 Å². The first-order valence-electron chi connectivity index (χ1n) is 5.47. The van der Waals surface area contributed by atoms with Crippen molar-refractivity contribution in [3.63, 3.8) is 0 Å². The van der Waals surface area contributed by atoms with Crippen molar-refractivity contribution in [2.45, 2.75) is 45.1 Å². The Balaban J connectivity index is 2.56. The van der Waals surface area contributed by atoms with E-state index in [4.69, 9.17) is 10.9 Å². The summed E-state index contributed by atoms with van der Waals surface area (Å²) in [4.78, 5) is 13.5. The SMILES string of the molecule is CCCCC(=O)N1CCCC1C(N)=NO. The van der Waals surface area contributed by atoms with Crippen molar-refractivity contribution in [2.24, 2.45) is 10.9 Å². The van der Waals surface area contributed by atoms with Crippen LogP contribution in [0.4, 0.5) is 0 Å². The number of nitrogens with two attached hydrogens (primary N) is 1. The highest BCUT2D eigenvalue weighted by Crippen LogP contribution is 2.19. The first-order valence-corrected chi connectivity index (χ1v) is 5.47. The molecule has 1 saturated heterocycles. The van der Waals surface area contributed by atoms with E-state index in [9.17, 15) is 4.79 Å². The molecule has 0 radical (unpaired) electrons. The maximum absolute atomic E-state index is 11.8. The minimum Gasteiger partial charge on any atom is -0.409 e. The molecule has 1 aliphatic heterocycles. The molecule has 0 aliphatic carbocycles. The van der Waals surface area contributed by atoms with Gasteiger partial charge in [-0.15, -0.1) is 0 Å². The number of hydrogen-bond acceptors (Lipinski definition) is 3. The molecule has 1 fully saturated rings. The number of likely N-dealkylation sites (tertiary alicyclic amines) is 1. The minimum absolute atomic E-state index is 0.117. The molecule has 86 valence electrons. The molecule has 0 aromatic rings. The molecule has 1 amide bonds. The van der Waals surface area contributed by atoms with Crippen LogP contribution in [0, 0.1) is 0 Å². The van der Waals surface area contributed by atoms with Crippen molar-refractivity contribution >= 4 is 11.7 Å². The summed E-state index contributed by atoms with van der Waals surface area (Å²) in [6, 6.07) is -0.195. The van der Waals surface area contributed by atoms with E-state index in [2.05, 4.69) is 12.1 Å². The van der Waals surface area contributed by atoms with E-state index in [1.807, 2.05) is 0 Å². The monoisotopic (exact) mass is 213 g/mol. The van der Waals surface area contributed by atoms with Gasteiger partial charge in [-0.2, -0.15) is 0 Å². The van der Waals surface area contributed by atoms with E-state index in [1.165, 1.54) is 0 Å². The maximum atomic E-state index is 11.8. The van der Waals surface area contributed by atoms with Gasteiger partial charge in [0.25, 0.3) is 0 Å². The van der Waals surface area contributed by atoms with Gasteiger partial charge in [-0.05, 0) is 19.3 Å². The lowest BCUT2D eigenvalue weighted by atomic mass is 10.2. The van der Waals surface area contributed by atoms with Crippen molar-refractivity contribution in [1.82, 2.24) is 4.90 Å². The van der Waals surface area contributed by atoms with E-state index >= 15 is 0 Å². The van der Waals surface area contributed by atoms with Crippen molar-refractivity contribution in [1.29, 1.82) is 0 Å². The second kappa shape index (κ2) is 5.58. The number of carbonyl (C=O) groups is 1. The van der Waals surface area contributed by atoms with Crippen LogP contribution in [-0.2, 0) is 4.79 Å². The highest BCUT2D eigenvalue weighted by atomic mass is 16.4. The Kier molecular flexibility index (Phi) is 4.39. The molecule has 0 aromatic carbocycles. The topological polar surface area (TPSA) is 78.9 Å². The summed E-state index contributed by atoms with van der Waals surface area (Å²) in [6.45, 7) is 2.78. The van der Waals surface area contributed by atoms with Crippen LogP contribution in [0.25, 0.3) is 0 Å². The fourth-order valence-electron chi connectivity index (χ4n) is 1.91. The molecule has 0 bridgehead atoms. The smallest absolute Gasteiger partial charge is 0.223 e. The molecule has 3 N–H and O–H groups in total. The highest BCUT2D eigenvalue weighted by molar-refractivity contribution is 5.90. The summed E-state index contributed by atoms with van der Waals surface area (Å²) in [7, 11) is 0. The van der Waals surface area contributed by atoms with Crippen LogP contribution in [0.15, 0.2) is 5.16 Å². The quantitative estimate of drug-likeness (QED) is 0.315. The summed E-state index contributed by atoms with van der Waals surface area (Å²) in [5, 5.41) is 11.6. The second-order valence-corrected chi connectivity index (χ2v) is 3.87. The highest BCUT2D eigenvalue weighted by Gasteiger charge is 2.31. The third-order valence-electron chi connectivity index (χ3n) is 2.77. The summed E-state index contributed by atoms with van der Waals surface area (Å²) >= 11 is 0. The number of unbranched alkanes of at least 4 members (excludes halogenated alkanes) is 1. The van der Waals surface area contributed by atoms with Gasteiger partial charge in [0.15, 0.2) is 5.84 Å². The number of hydrogen-bond donors (Lipinski definition) is 2. The van der Waals surface area contributed by atoms with Gasteiger partial charge in [-0.1, -0.05) is 18.5 Å². The van der Waals surface area contributed by atoms with Gasteiger partial charge in [0.2, 0.25) is 5.91 Å². The molecule has 0 spiro atoms. The van der Waals surface area contributed by atoms with Gasteiger partial charge in [0.1, 0.15) is 0 Å². The van der Waals surface area contributed by atoms with Crippen LogP contribution in [0.5, 0.6) is 0 Å². The molecule has 1 rings (SSSR count). The maximum Gasteiger partial charge on any atom is 0.223 e. The van der Waals surface area contributed by atoms with Crippen LogP contribution in [0.1, 0.15) is 39.0 Å². The number of nitrogens with zero attached hydrogens (tertiary/aromatic N) is 2. The van der Waals surface area contributed by atoms with E-state index in [0.29, 0.717) is 6.42 Å². The van der Waals surface area contributed by atoms with Crippen LogP contribution in [-0.4, -0.2) is 34.4 Å². The Labute approximate surface area is 89.9 Å². The normalized spacial score (nSPS) is 22.1. The zero-order valence-electron chi connectivity index (χ0n) is 9.15. The number of rotatable bonds is 4. The lowest BCUT2D eigenvalue weighted by Gasteiger charge is -2.23. The molecule has 0 saturated carbocycles. The van der Waals surface area contributed by atoms with Crippen LogP contribution >= 0.6 is 0 Å². The third kappa shape index (κ3) is 2.84. The average Bonchev–Trinajstić information content (AvgIpc) is 2.73. The van der Waals surface area contributed by atoms with Gasteiger partial charge in [-0.3, -0.25) is 4.79 Å². The van der Waals surface area contributed by atoms with Crippen molar-refractivity contribution in [2.75, 3.05) is 6.54 Å². The third-order valence-corrected chi connectivity index (χ3v) is 2.77. The fourth-order valence-corrected chi connectivity index (χ4v) is 1.91. The van der Waals surface area contributed by atoms with Gasteiger partial charge in [0, 0.05) is 13.0 Å². The average molecular weight is 213 g/mol. The Morgan fingerprint density at radius 1 is 1.67 bits per heavy atom. The number of oxime groups is 1. The van der Waals surface area contributed by atoms with Crippen molar-refractivity contribution < 1.29 is 10.0 Å². The second-order valence-electron chi connectivity index (χ2n) is 3.87. The molecule has 5 nitrogen and oxygen atoms in total. The van der Waals surface area contributed by atoms with Crippen molar-refractivity contribution in [3.8, 4) is 0 Å². The molecule has 15 heavy (non-hydrogen) atoms. The zero-order chi connectivity index (χ0) is 11.3. The van der Waals surface area contributed by atoms with E-state index in [-0.39, 0.29) is 17.8 Å². The molecule has 1 atom stereocenters.